The second kappa shape index (κ2) is 10.5. The number of carboxylic acids is 1. The summed E-state index contributed by atoms with van der Waals surface area (Å²) >= 11 is 6.44. The number of carboxylic acid groups (broad SMARTS) is 1. The summed E-state index contributed by atoms with van der Waals surface area (Å²) in [6.07, 6.45) is -1.52. The minimum Gasteiger partial charge on any atom is -0.496 e. The van der Waals surface area contributed by atoms with Crippen LogP contribution in [0.5, 0.6) is 17.2 Å². The molecule has 0 fully saturated rings. The molecule has 0 saturated carbocycles. The Kier molecular flexibility index (Phi) is 7.37. The molecule has 0 saturated heterocycles. The number of aliphatic carboxylic acids is 1. The summed E-state index contributed by atoms with van der Waals surface area (Å²) in [5.74, 6) is -0.344. The SMILES string of the molecule is CCN1C(=O)CN[C@](c2ccccc2)([C@H](Oc2cc(OC)cc(OC)c2)C(=O)O)c2cc(Cl)ccc21. The van der Waals surface area contributed by atoms with Gasteiger partial charge in [-0.05, 0) is 30.7 Å². The van der Waals surface area contributed by atoms with Gasteiger partial charge >= 0.3 is 5.97 Å². The van der Waals surface area contributed by atoms with Crippen molar-refractivity contribution in [2.24, 2.45) is 0 Å². The summed E-state index contributed by atoms with van der Waals surface area (Å²) in [7, 11) is 2.99. The quantitative estimate of drug-likeness (QED) is 0.471. The van der Waals surface area contributed by atoms with Crippen molar-refractivity contribution < 1.29 is 28.9 Å². The fraction of sp³-hybridized carbons (Fsp3) is 0.259. The average molecular weight is 511 g/mol. The van der Waals surface area contributed by atoms with Crippen molar-refractivity contribution in [3.8, 4) is 17.2 Å². The van der Waals surface area contributed by atoms with Crippen LogP contribution in [0.1, 0.15) is 18.1 Å². The number of rotatable bonds is 8. The lowest BCUT2D eigenvalue weighted by atomic mass is 9.77. The molecule has 188 valence electrons. The number of nitrogens with zero attached hydrogens (tertiary/aromatic N) is 1. The molecular weight excluding hydrogens is 484 g/mol. The van der Waals surface area contributed by atoms with Gasteiger partial charge in [-0.3, -0.25) is 10.1 Å². The van der Waals surface area contributed by atoms with Gasteiger partial charge in [-0.2, -0.15) is 0 Å². The van der Waals surface area contributed by atoms with Crippen molar-refractivity contribution in [3.63, 3.8) is 0 Å². The molecule has 1 heterocycles. The third-order valence-corrected chi connectivity index (χ3v) is 6.47. The smallest absolute Gasteiger partial charge is 0.347 e. The van der Waals surface area contributed by atoms with Gasteiger partial charge in [-0.15, -0.1) is 0 Å². The monoisotopic (exact) mass is 510 g/mol. The standard InChI is InChI=1S/C27H27ClN2O6/c1-4-30-23-11-10-18(28)12-22(23)27(29-16-24(30)31,17-8-6-5-7-9-17)25(26(32)33)36-21-14-19(34-2)13-20(15-21)35-3/h5-15,25,29H,4,16H2,1-3H3,(H,32,33)/t25-,27+/m1/s1. The number of ether oxygens (including phenoxy) is 3. The second-order valence-electron chi connectivity index (χ2n) is 8.21. The lowest BCUT2D eigenvalue weighted by molar-refractivity contribution is -0.149. The number of hydrogen-bond donors (Lipinski definition) is 2. The fourth-order valence-electron chi connectivity index (χ4n) is 4.60. The number of benzene rings is 3. The zero-order valence-corrected chi connectivity index (χ0v) is 20.9. The van der Waals surface area contributed by atoms with E-state index < -0.39 is 17.6 Å². The number of amides is 1. The predicted octanol–water partition coefficient (Wildman–Crippen LogP) is 4.09. The third kappa shape index (κ3) is 4.57. The predicted molar refractivity (Wildman–Crippen MR) is 136 cm³/mol. The van der Waals surface area contributed by atoms with E-state index in [-0.39, 0.29) is 18.2 Å². The average Bonchev–Trinajstić information content (AvgIpc) is 3.01. The Morgan fingerprint density at radius 1 is 1.06 bits per heavy atom. The van der Waals surface area contributed by atoms with Gasteiger partial charge in [0, 0.05) is 41.0 Å². The highest BCUT2D eigenvalue weighted by Gasteiger charge is 2.51. The molecule has 0 radical (unpaired) electrons. The van der Waals surface area contributed by atoms with Crippen LogP contribution in [0.3, 0.4) is 0 Å². The molecule has 3 aromatic rings. The Balaban J connectivity index is 2.00. The van der Waals surface area contributed by atoms with Crippen molar-refractivity contribution in [1.29, 1.82) is 0 Å². The molecule has 0 bridgehead atoms. The zero-order chi connectivity index (χ0) is 25.9. The fourth-order valence-corrected chi connectivity index (χ4v) is 4.77. The Labute approximate surface area is 214 Å². The van der Waals surface area contributed by atoms with Gasteiger partial charge in [-0.25, -0.2) is 4.79 Å². The van der Waals surface area contributed by atoms with Crippen LogP contribution in [-0.2, 0) is 15.1 Å². The summed E-state index contributed by atoms with van der Waals surface area (Å²) in [6.45, 7) is 2.13. The number of carbonyl (C=O) groups is 2. The Bertz CT molecular complexity index is 1250. The van der Waals surface area contributed by atoms with Crippen LogP contribution < -0.4 is 24.4 Å². The molecule has 8 nitrogen and oxygen atoms in total. The highest BCUT2D eigenvalue weighted by molar-refractivity contribution is 6.30. The van der Waals surface area contributed by atoms with Crippen LogP contribution in [-0.4, -0.2) is 50.4 Å². The van der Waals surface area contributed by atoms with Crippen LogP contribution in [0.4, 0.5) is 5.69 Å². The third-order valence-electron chi connectivity index (χ3n) is 6.24. The number of fused-ring (bicyclic) bond motifs is 1. The number of nitrogens with one attached hydrogen (secondary N) is 1. The van der Waals surface area contributed by atoms with E-state index in [9.17, 15) is 14.7 Å². The van der Waals surface area contributed by atoms with Crippen LogP contribution in [0.25, 0.3) is 0 Å². The summed E-state index contributed by atoms with van der Waals surface area (Å²) in [5.41, 5.74) is 0.181. The van der Waals surface area contributed by atoms with Gasteiger partial charge in [0.15, 0.2) is 0 Å². The van der Waals surface area contributed by atoms with Crippen molar-refractivity contribution in [2.45, 2.75) is 18.6 Å². The number of anilines is 1. The van der Waals surface area contributed by atoms with Crippen molar-refractivity contribution in [3.05, 3.63) is 82.9 Å². The molecule has 4 rings (SSSR count). The molecular formula is C27H27ClN2O6. The van der Waals surface area contributed by atoms with Gasteiger partial charge in [0.2, 0.25) is 12.0 Å². The van der Waals surface area contributed by atoms with Gasteiger partial charge in [0.1, 0.15) is 22.8 Å². The number of methoxy groups -OCH3 is 2. The van der Waals surface area contributed by atoms with Gasteiger partial charge in [0.05, 0.1) is 20.8 Å². The van der Waals surface area contributed by atoms with Crippen LogP contribution in [0.2, 0.25) is 5.02 Å². The molecule has 9 heteroatoms. The summed E-state index contributed by atoms with van der Waals surface area (Å²) < 4.78 is 16.9. The van der Waals surface area contributed by atoms with Gasteiger partial charge in [0.25, 0.3) is 0 Å². The maximum Gasteiger partial charge on any atom is 0.347 e. The van der Waals surface area contributed by atoms with Crippen LogP contribution in [0.15, 0.2) is 66.7 Å². The number of halogens is 1. The zero-order valence-electron chi connectivity index (χ0n) is 20.2. The van der Waals surface area contributed by atoms with E-state index in [4.69, 9.17) is 25.8 Å². The minimum atomic E-state index is -1.52. The summed E-state index contributed by atoms with van der Waals surface area (Å²) in [6, 6.07) is 19.0. The Hall–Kier alpha value is -3.75. The molecule has 2 atom stereocenters. The summed E-state index contributed by atoms with van der Waals surface area (Å²) in [4.78, 5) is 27.7. The van der Waals surface area contributed by atoms with Crippen LogP contribution >= 0.6 is 11.6 Å². The second-order valence-corrected chi connectivity index (χ2v) is 8.65. The van der Waals surface area contributed by atoms with E-state index in [0.717, 1.165) is 0 Å². The molecule has 0 aromatic heterocycles. The van der Waals surface area contributed by atoms with Crippen molar-refractivity contribution in [2.75, 3.05) is 32.2 Å². The molecule has 1 aliphatic heterocycles. The largest absolute Gasteiger partial charge is 0.496 e. The number of hydrogen-bond acceptors (Lipinski definition) is 6. The lowest BCUT2D eigenvalue weighted by Crippen LogP contribution is -2.58. The van der Waals surface area contributed by atoms with Crippen LogP contribution in [0, 0.1) is 0 Å². The first-order chi connectivity index (χ1) is 17.3. The highest BCUT2D eigenvalue weighted by Crippen LogP contribution is 2.43. The molecule has 1 aliphatic rings. The molecule has 36 heavy (non-hydrogen) atoms. The highest BCUT2D eigenvalue weighted by atomic mass is 35.5. The number of likely N-dealkylation sites (N-methyl/N-ethyl adjacent to an activating group) is 1. The first kappa shape index (κ1) is 25.3. The van der Waals surface area contributed by atoms with Gasteiger partial charge in [-0.1, -0.05) is 41.9 Å². The Morgan fingerprint density at radius 3 is 2.28 bits per heavy atom. The maximum atomic E-state index is 13.1. The topological polar surface area (TPSA) is 97.3 Å². The van der Waals surface area contributed by atoms with E-state index in [0.29, 0.717) is 39.9 Å². The maximum absolute atomic E-state index is 13.1. The van der Waals surface area contributed by atoms with E-state index in [1.54, 1.807) is 65.6 Å². The van der Waals surface area contributed by atoms with Gasteiger partial charge < -0.3 is 24.2 Å². The molecule has 0 spiro atoms. The number of carbonyl (C=O) groups excluding carboxylic acids is 1. The first-order valence-electron chi connectivity index (χ1n) is 11.4. The van der Waals surface area contributed by atoms with E-state index >= 15 is 0 Å². The minimum absolute atomic E-state index is 0.121. The molecule has 1 amide bonds. The Morgan fingerprint density at radius 2 is 1.69 bits per heavy atom. The van der Waals surface area contributed by atoms with E-state index in [1.807, 2.05) is 13.0 Å². The van der Waals surface area contributed by atoms with E-state index in [2.05, 4.69) is 5.32 Å². The summed E-state index contributed by atoms with van der Waals surface area (Å²) in [5, 5.41) is 14.2. The molecule has 3 aromatic carbocycles. The normalized spacial score (nSPS) is 18.1. The molecule has 2 N–H and O–H groups in total. The molecule has 0 unspecified atom stereocenters. The van der Waals surface area contributed by atoms with E-state index in [1.165, 1.54) is 14.2 Å². The lowest BCUT2D eigenvalue weighted by Gasteiger charge is -2.40. The molecule has 0 aliphatic carbocycles. The van der Waals surface area contributed by atoms with Crippen molar-refractivity contribution >= 4 is 29.2 Å². The van der Waals surface area contributed by atoms with Crippen molar-refractivity contribution in [1.82, 2.24) is 5.32 Å². The first-order valence-corrected chi connectivity index (χ1v) is 11.7.